The summed E-state index contributed by atoms with van der Waals surface area (Å²) in [5.41, 5.74) is 0. The first-order chi connectivity index (χ1) is 11.6. The van der Waals surface area contributed by atoms with Crippen LogP contribution >= 0.6 is 35.3 Å². The fraction of sp³-hybridized carbons (Fsp3) is 0.688. The van der Waals surface area contributed by atoms with Crippen LogP contribution in [0.1, 0.15) is 30.7 Å². The van der Waals surface area contributed by atoms with Crippen molar-refractivity contribution >= 4 is 51.1 Å². The second-order valence-electron chi connectivity index (χ2n) is 5.89. The molecule has 1 aliphatic rings. The highest BCUT2D eigenvalue weighted by molar-refractivity contribution is 14.0. The van der Waals surface area contributed by atoms with Crippen LogP contribution < -0.4 is 10.6 Å². The number of sulfone groups is 1. The van der Waals surface area contributed by atoms with Crippen LogP contribution in [0.4, 0.5) is 0 Å². The number of guanidine groups is 1. The minimum atomic E-state index is -2.96. The standard InChI is InChI=1S/C16H28N4O2S2.HI/c1-3-24(21,22)12-8-18-16(17-2)19-13-14(15-7-6-11-23-15)20-9-4-5-10-20;/h6-7,11,14H,3-5,8-10,12-13H2,1-2H3,(H2,17,18,19);1H. The summed E-state index contributed by atoms with van der Waals surface area (Å²) >= 11 is 1.78. The van der Waals surface area contributed by atoms with Crippen LogP contribution in [0.2, 0.25) is 0 Å². The number of halogens is 1. The van der Waals surface area contributed by atoms with Crippen LogP contribution in [0.5, 0.6) is 0 Å². The molecule has 1 fully saturated rings. The average molecular weight is 500 g/mol. The summed E-state index contributed by atoms with van der Waals surface area (Å²) in [7, 11) is -1.25. The molecule has 1 atom stereocenters. The van der Waals surface area contributed by atoms with Gasteiger partial charge in [-0.3, -0.25) is 9.89 Å². The zero-order valence-electron chi connectivity index (χ0n) is 14.9. The van der Waals surface area contributed by atoms with Crippen molar-refractivity contribution < 1.29 is 8.42 Å². The highest BCUT2D eigenvalue weighted by atomic mass is 127. The van der Waals surface area contributed by atoms with Crippen molar-refractivity contribution in [2.24, 2.45) is 4.99 Å². The van der Waals surface area contributed by atoms with Crippen LogP contribution in [0.15, 0.2) is 22.5 Å². The van der Waals surface area contributed by atoms with Gasteiger partial charge in [-0.1, -0.05) is 13.0 Å². The Labute approximate surface area is 172 Å². The number of hydrogen-bond donors (Lipinski definition) is 2. The van der Waals surface area contributed by atoms with Crippen molar-refractivity contribution in [3.63, 3.8) is 0 Å². The van der Waals surface area contributed by atoms with Gasteiger partial charge in [-0.2, -0.15) is 0 Å². The lowest BCUT2D eigenvalue weighted by Crippen LogP contribution is -2.43. The van der Waals surface area contributed by atoms with E-state index in [1.165, 1.54) is 17.7 Å². The van der Waals surface area contributed by atoms with Crippen LogP contribution in [0.25, 0.3) is 0 Å². The molecule has 9 heteroatoms. The molecule has 0 spiro atoms. The topological polar surface area (TPSA) is 73.8 Å². The molecule has 0 radical (unpaired) electrons. The van der Waals surface area contributed by atoms with Gasteiger partial charge < -0.3 is 10.6 Å². The third-order valence-corrected chi connectivity index (χ3v) is 6.96. The van der Waals surface area contributed by atoms with E-state index in [9.17, 15) is 8.42 Å². The molecule has 144 valence electrons. The van der Waals surface area contributed by atoms with Gasteiger partial charge in [0.05, 0.1) is 11.8 Å². The Kier molecular flexibility index (Phi) is 10.3. The van der Waals surface area contributed by atoms with E-state index in [1.54, 1.807) is 25.3 Å². The molecule has 0 aromatic carbocycles. The number of hydrogen-bond acceptors (Lipinski definition) is 5. The average Bonchev–Trinajstić information content (AvgIpc) is 3.27. The number of thiophene rings is 1. The van der Waals surface area contributed by atoms with Crippen LogP contribution in [0.3, 0.4) is 0 Å². The van der Waals surface area contributed by atoms with E-state index in [1.807, 2.05) is 0 Å². The molecule has 0 saturated carbocycles. The molecule has 0 bridgehead atoms. The molecule has 1 aliphatic heterocycles. The van der Waals surface area contributed by atoms with Gasteiger partial charge in [-0.05, 0) is 37.4 Å². The monoisotopic (exact) mass is 500 g/mol. The summed E-state index contributed by atoms with van der Waals surface area (Å²) in [5, 5.41) is 8.56. The Morgan fingerprint density at radius 2 is 2.08 bits per heavy atom. The van der Waals surface area contributed by atoms with E-state index >= 15 is 0 Å². The van der Waals surface area contributed by atoms with Crippen molar-refractivity contribution in [2.45, 2.75) is 25.8 Å². The Morgan fingerprint density at radius 3 is 2.64 bits per heavy atom. The molecular weight excluding hydrogens is 471 g/mol. The molecule has 1 aromatic heterocycles. The molecule has 0 aliphatic carbocycles. The largest absolute Gasteiger partial charge is 0.355 e. The third kappa shape index (κ3) is 7.40. The highest BCUT2D eigenvalue weighted by Gasteiger charge is 2.24. The number of rotatable bonds is 8. The van der Waals surface area contributed by atoms with Crippen molar-refractivity contribution in [2.75, 3.05) is 44.7 Å². The zero-order valence-corrected chi connectivity index (χ0v) is 18.9. The smallest absolute Gasteiger partial charge is 0.191 e. The Hall–Kier alpha value is -0.390. The summed E-state index contributed by atoms with van der Waals surface area (Å²) < 4.78 is 23.1. The zero-order chi connectivity index (χ0) is 17.4. The maximum Gasteiger partial charge on any atom is 0.191 e. The number of nitrogens with one attached hydrogen (secondary N) is 2. The summed E-state index contributed by atoms with van der Waals surface area (Å²) in [6.45, 7) is 5.07. The fourth-order valence-electron chi connectivity index (χ4n) is 2.83. The maximum atomic E-state index is 11.6. The molecule has 2 heterocycles. The van der Waals surface area contributed by atoms with Gasteiger partial charge in [0.15, 0.2) is 15.8 Å². The number of likely N-dealkylation sites (tertiary alicyclic amines) is 1. The van der Waals surface area contributed by atoms with E-state index in [2.05, 4.69) is 38.0 Å². The minimum absolute atomic E-state index is 0. The van der Waals surface area contributed by atoms with E-state index in [0.29, 0.717) is 18.5 Å². The first-order valence-corrected chi connectivity index (χ1v) is 11.2. The molecule has 2 rings (SSSR count). The summed E-state index contributed by atoms with van der Waals surface area (Å²) in [6, 6.07) is 4.61. The lowest BCUT2D eigenvalue weighted by atomic mass is 10.2. The first kappa shape index (κ1) is 22.7. The molecule has 6 nitrogen and oxygen atoms in total. The molecule has 1 aromatic rings. The van der Waals surface area contributed by atoms with Gasteiger partial charge >= 0.3 is 0 Å². The van der Waals surface area contributed by atoms with Crippen molar-refractivity contribution in [3.05, 3.63) is 22.4 Å². The lowest BCUT2D eigenvalue weighted by Gasteiger charge is -2.27. The van der Waals surface area contributed by atoms with E-state index < -0.39 is 9.84 Å². The SMILES string of the molecule is CCS(=O)(=O)CCNC(=NC)NCC(c1cccs1)N1CCCC1.I. The van der Waals surface area contributed by atoms with Crippen molar-refractivity contribution in [1.29, 1.82) is 0 Å². The van der Waals surface area contributed by atoms with Crippen molar-refractivity contribution in [3.8, 4) is 0 Å². The van der Waals surface area contributed by atoms with E-state index in [-0.39, 0.29) is 35.5 Å². The van der Waals surface area contributed by atoms with Crippen LogP contribution in [-0.4, -0.2) is 64.0 Å². The molecule has 25 heavy (non-hydrogen) atoms. The van der Waals surface area contributed by atoms with Gasteiger partial charge in [0, 0.05) is 30.8 Å². The minimum Gasteiger partial charge on any atom is -0.355 e. The molecule has 0 amide bonds. The van der Waals surface area contributed by atoms with Gasteiger partial charge in [0.25, 0.3) is 0 Å². The Bertz CT molecular complexity index is 614. The van der Waals surface area contributed by atoms with Gasteiger partial charge in [-0.15, -0.1) is 35.3 Å². The number of nitrogens with zero attached hydrogens (tertiary/aromatic N) is 2. The molecule has 2 N–H and O–H groups in total. The number of aliphatic imine (C=N–C) groups is 1. The first-order valence-electron chi connectivity index (χ1n) is 8.48. The van der Waals surface area contributed by atoms with Gasteiger partial charge in [0.2, 0.25) is 0 Å². The van der Waals surface area contributed by atoms with Crippen molar-refractivity contribution in [1.82, 2.24) is 15.5 Å². The molecule has 1 saturated heterocycles. The predicted octanol–water partition coefficient (Wildman–Crippen LogP) is 2.10. The molecular formula is C16H29IN4O2S2. The third-order valence-electron chi connectivity index (χ3n) is 4.28. The summed E-state index contributed by atoms with van der Waals surface area (Å²) in [4.78, 5) is 8.06. The lowest BCUT2D eigenvalue weighted by molar-refractivity contribution is 0.249. The Balaban J connectivity index is 0.00000312. The quantitative estimate of drug-likeness (QED) is 0.325. The maximum absolute atomic E-state index is 11.6. The fourth-order valence-corrected chi connectivity index (χ4v) is 4.39. The van der Waals surface area contributed by atoms with Gasteiger partial charge in [-0.25, -0.2) is 8.42 Å². The summed E-state index contributed by atoms with van der Waals surface area (Å²) in [6.07, 6.45) is 2.51. The van der Waals surface area contributed by atoms with E-state index in [0.717, 1.165) is 19.6 Å². The summed E-state index contributed by atoms with van der Waals surface area (Å²) in [5.74, 6) is 0.961. The Morgan fingerprint density at radius 1 is 1.36 bits per heavy atom. The van der Waals surface area contributed by atoms with E-state index in [4.69, 9.17) is 0 Å². The predicted molar refractivity (Wildman–Crippen MR) is 117 cm³/mol. The van der Waals surface area contributed by atoms with Crippen LogP contribution in [0, 0.1) is 0 Å². The van der Waals surface area contributed by atoms with Crippen LogP contribution in [-0.2, 0) is 9.84 Å². The molecule has 1 unspecified atom stereocenters. The second-order valence-corrected chi connectivity index (χ2v) is 9.34. The highest BCUT2D eigenvalue weighted by Crippen LogP contribution is 2.27. The normalized spacial score (nSPS) is 17.1. The second kappa shape index (κ2) is 11.3. The van der Waals surface area contributed by atoms with Gasteiger partial charge in [0.1, 0.15) is 0 Å².